The van der Waals surface area contributed by atoms with Crippen LogP contribution in [0, 0.1) is 12.7 Å². The predicted octanol–water partition coefficient (Wildman–Crippen LogP) is 5.16. The Kier molecular flexibility index (Phi) is 4.53. The number of urea groups is 1. The van der Waals surface area contributed by atoms with Gasteiger partial charge in [0, 0.05) is 17.3 Å². The minimum atomic E-state index is -0.277. The van der Waals surface area contributed by atoms with Crippen molar-refractivity contribution in [1.29, 1.82) is 0 Å². The van der Waals surface area contributed by atoms with Gasteiger partial charge < -0.3 is 10.2 Å². The van der Waals surface area contributed by atoms with Crippen LogP contribution >= 0.6 is 11.6 Å². The smallest absolute Gasteiger partial charge is 0.317 e. The van der Waals surface area contributed by atoms with Gasteiger partial charge in [-0.05, 0) is 55.2 Å². The van der Waals surface area contributed by atoms with Gasteiger partial charge >= 0.3 is 6.03 Å². The summed E-state index contributed by atoms with van der Waals surface area (Å²) in [5.41, 5.74) is 2.37. The van der Waals surface area contributed by atoms with Gasteiger partial charge in [0.15, 0.2) is 0 Å². The summed E-state index contributed by atoms with van der Waals surface area (Å²) in [7, 11) is 0. The number of carbonyl (C=O) groups excluding carboxylic acids is 1. The van der Waals surface area contributed by atoms with E-state index in [9.17, 15) is 9.18 Å². The first-order valence-corrected chi connectivity index (χ1v) is 8.02. The summed E-state index contributed by atoms with van der Waals surface area (Å²) >= 11 is 6.09. The normalized spacial score (nSPS) is 17.3. The number of carbonyl (C=O) groups is 1. The highest BCUT2D eigenvalue weighted by Crippen LogP contribution is 2.33. The SMILES string of the molecule is Cc1c(Cl)cccc1NC(=O)N1CCC[C@@H]1c1cccc(F)c1. The van der Waals surface area contributed by atoms with E-state index in [1.807, 2.05) is 19.1 Å². The summed E-state index contributed by atoms with van der Waals surface area (Å²) in [5, 5.41) is 3.53. The number of halogens is 2. The predicted molar refractivity (Wildman–Crippen MR) is 90.3 cm³/mol. The van der Waals surface area contributed by atoms with Gasteiger partial charge in [0.05, 0.1) is 6.04 Å². The van der Waals surface area contributed by atoms with Crippen molar-refractivity contribution in [3.8, 4) is 0 Å². The topological polar surface area (TPSA) is 32.3 Å². The molecule has 0 unspecified atom stereocenters. The van der Waals surface area contributed by atoms with Crippen LogP contribution in [0.1, 0.15) is 30.0 Å². The van der Waals surface area contributed by atoms with Crippen molar-refractivity contribution in [1.82, 2.24) is 4.90 Å². The van der Waals surface area contributed by atoms with Gasteiger partial charge in [-0.2, -0.15) is 0 Å². The van der Waals surface area contributed by atoms with Crippen LogP contribution in [0.5, 0.6) is 0 Å². The molecule has 0 aliphatic carbocycles. The number of nitrogens with zero attached hydrogens (tertiary/aromatic N) is 1. The van der Waals surface area contributed by atoms with Gasteiger partial charge in [0.25, 0.3) is 0 Å². The van der Waals surface area contributed by atoms with Gasteiger partial charge in [-0.25, -0.2) is 9.18 Å². The molecule has 0 radical (unpaired) electrons. The number of benzene rings is 2. The molecule has 1 saturated heterocycles. The van der Waals surface area contributed by atoms with E-state index in [4.69, 9.17) is 11.6 Å². The lowest BCUT2D eigenvalue weighted by molar-refractivity contribution is 0.207. The molecule has 1 aliphatic rings. The number of likely N-dealkylation sites (tertiary alicyclic amines) is 1. The highest BCUT2D eigenvalue weighted by molar-refractivity contribution is 6.31. The van der Waals surface area contributed by atoms with Crippen molar-refractivity contribution < 1.29 is 9.18 Å². The number of rotatable bonds is 2. The van der Waals surface area contributed by atoms with E-state index in [0.29, 0.717) is 17.3 Å². The minimum absolute atomic E-state index is 0.0924. The molecule has 5 heteroatoms. The third kappa shape index (κ3) is 3.32. The molecule has 0 bridgehead atoms. The van der Waals surface area contributed by atoms with Crippen molar-refractivity contribution in [2.75, 3.05) is 11.9 Å². The summed E-state index contributed by atoms with van der Waals surface area (Å²) in [6, 6.07) is 11.6. The molecular formula is C18H18ClFN2O. The standard InChI is InChI=1S/C18H18ClFN2O/c1-12-15(19)7-3-8-16(12)21-18(23)22-10-4-9-17(22)13-5-2-6-14(20)11-13/h2-3,5-8,11,17H,4,9-10H2,1H3,(H,21,23)/t17-/m1/s1. The van der Waals surface area contributed by atoms with Crippen molar-refractivity contribution in [3.05, 3.63) is 64.4 Å². The lowest BCUT2D eigenvalue weighted by Crippen LogP contribution is -2.34. The Balaban J connectivity index is 1.80. The first-order valence-electron chi connectivity index (χ1n) is 7.64. The summed E-state index contributed by atoms with van der Waals surface area (Å²) in [6.45, 7) is 2.53. The summed E-state index contributed by atoms with van der Waals surface area (Å²) in [4.78, 5) is 14.4. The van der Waals surface area contributed by atoms with Crippen LogP contribution in [-0.2, 0) is 0 Å². The largest absolute Gasteiger partial charge is 0.322 e. The summed E-state index contributed by atoms with van der Waals surface area (Å²) < 4.78 is 13.5. The van der Waals surface area contributed by atoms with Crippen molar-refractivity contribution in [2.24, 2.45) is 0 Å². The molecule has 2 aromatic carbocycles. The molecule has 1 aliphatic heterocycles. The van der Waals surface area contributed by atoms with Crippen LogP contribution in [0.4, 0.5) is 14.9 Å². The Hall–Kier alpha value is -2.07. The third-order valence-corrected chi connectivity index (χ3v) is 4.67. The van der Waals surface area contributed by atoms with E-state index in [1.165, 1.54) is 12.1 Å². The van der Waals surface area contributed by atoms with Crippen LogP contribution in [0.25, 0.3) is 0 Å². The quantitative estimate of drug-likeness (QED) is 0.809. The molecule has 1 N–H and O–H groups in total. The van der Waals surface area contributed by atoms with Crippen LogP contribution in [0.15, 0.2) is 42.5 Å². The maximum absolute atomic E-state index is 13.5. The van der Waals surface area contributed by atoms with Gasteiger partial charge in [0.2, 0.25) is 0 Å². The monoisotopic (exact) mass is 332 g/mol. The maximum Gasteiger partial charge on any atom is 0.322 e. The average Bonchev–Trinajstić information content (AvgIpc) is 3.01. The molecule has 0 spiro atoms. The fraction of sp³-hybridized carbons (Fsp3) is 0.278. The molecule has 1 atom stereocenters. The Bertz CT molecular complexity index is 735. The highest BCUT2D eigenvalue weighted by atomic mass is 35.5. The lowest BCUT2D eigenvalue weighted by Gasteiger charge is -2.26. The minimum Gasteiger partial charge on any atom is -0.317 e. The molecular weight excluding hydrogens is 315 g/mol. The van der Waals surface area contributed by atoms with Crippen molar-refractivity contribution >= 4 is 23.3 Å². The van der Waals surface area contributed by atoms with Gasteiger partial charge in [-0.1, -0.05) is 29.8 Å². The van der Waals surface area contributed by atoms with Crippen LogP contribution in [0.3, 0.4) is 0 Å². The zero-order chi connectivity index (χ0) is 16.4. The van der Waals surface area contributed by atoms with Crippen LogP contribution in [0.2, 0.25) is 5.02 Å². The summed E-state index contributed by atoms with van der Waals surface area (Å²) in [6.07, 6.45) is 1.74. The Morgan fingerprint density at radius 3 is 2.87 bits per heavy atom. The second kappa shape index (κ2) is 6.59. The maximum atomic E-state index is 13.5. The molecule has 3 rings (SSSR count). The third-order valence-electron chi connectivity index (χ3n) is 4.26. The number of amides is 2. The Morgan fingerprint density at radius 1 is 1.30 bits per heavy atom. The van der Waals surface area contributed by atoms with E-state index in [0.717, 1.165) is 24.0 Å². The van der Waals surface area contributed by atoms with Crippen molar-refractivity contribution in [2.45, 2.75) is 25.8 Å². The molecule has 2 amide bonds. The van der Waals surface area contributed by atoms with Crippen LogP contribution in [-0.4, -0.2) is 17.5 Å². The van der Waals surface area contributed by atoms with E-state index >= 15 is 0 Å². The fourth-order valence-electron chi connectivity index (χ4n) is 3.00. The molecule has 120 valence electrons. The lowest BCUT2D eigenvalue weighted by atomic mass is 10.0. The Morgan fingerprint density at radius 2 is 2.09 bits per heavy atom. The van der Waals surface area contributed by atoms with E-state index in [1.54, 1.807) is 23.1 Å². The van der Waals surface area contributed by atoms with Gasteiger partial charge in [0.1, 0.15) is 5.82 Å². The van der Waals surface area contributed by atoms with E-state index in [-0.39, 0.29) is 17.9 Å². The average molecular weight is 333 g/mol. The second-order valence-electron chi connectivity index (χ2n) is 5.75. The van der Waals surface area contributed by atoms with Gasteiger partial charge in [-0.3, -0.25) is 0 Å². The van der Waals surface area contributed by atoms with Crippen molar-refractivity contribution in [3.63, 3.8) is 0 Å². The first kappa shape index (κ1) is 15.8. The molecule has 1 fully saturated rings. The zero-order valence-corrected chi connectivity index (χ0v) is 13.6. The number of hydrogen-bond donors (Lipinski definition) is 1. The molecule has 2 aromatic rings. The summed E-state index contributed by atoms with van der Waals surface area (Å²) in [5.74, 6) is -0.277. The number of nitrogens with one attached hydrogen (secondary N) is 1. The zero-order valence-electron chi connectivity index (χ0n) is 12.9. The highest BCUT2D eigenvalue weighted by Gasteiger charge is 2.30. The molecule has 23 heavy (non-hydrogen) atoms. The van der Waals surface area contributed by atoms with E-state index < -0.39 is 0 Å². The molecule has 0 aromatic heterocycles. The number of hydrogen-bond acceptors (Lipinski definition) is 1. The second-order valence-corrected chi connectivity index (χ2v) is 6.16. The fourth-order valence-corrected chi connectivity index (χ4v) is 3.17. The number of anilines is 1. The van der Waals surface area contributed by atoms with Crippen LogP contribution < -0.4 is 5.32 Å². The molecule has 3 nitrogen and oxygen atoms in total. The van der Waals surface area contributed by atoms with E-state index in [2.05, 4.69) is 5.32 Å². The Labute approximate surface area is 140 Å². The first-order chi connectivity index (χ1) is 11.1. The molecule has 1 heterocycles. The molecule has 0 saturated carbocycles. The van der Waals surface area contributed by atoms with Gasteiger partial charge in [-0.15, -0.1) is 0 Å².